The van der Waals surface area contributed by atoms with E-state index in [0.717, 1.165) is 0 Å². The van der Waals surface area contributed by atoms with Gasteiger partial charge in [0.05, 0.1) is 22.0 Å². The van der Waals surface area contributed by atoms with Gasteiger partial charge in [0.2, 0.25) is 11.6 Å². The largest absolute Gasteiger partial charge is 0.348 e. The predicted octanol–water partition coefficient (Wildman–Crippen LogP) is 0.929. The Bertz CT molecular complexity index is 765. The van der Waals surface area contributed by atoms with Crippen LogP contribution in [0, 0.1) is 27.6 Å². The van der Waals surface area contributed by atoms with Crippen molar-refractivity contribution in [1.82, 2.24) is 5.32 Å². The molecular formula is C11H9F3N2O5S. The number of sulfone groups is 1. The standard InChI is InChI=1S/C11H9F3N2O5S/c12-8-6(3-7(16(18)19)9(13)10(8)14)11(17)15-5-1-2-22(20,21)4-5/h3,5H,1-2,4H2,(H,15,17). The number of nitrogens with zero attached hydrogens (tertiary/aromatic N) is 1. The van der Waals surface area contributed by atoms with Crippen LogP contribution in [0.1, 0.15) is 16.8 Å². The molecule has 1 saturated heterocycles. The van der Waals surface area contributed by atoms with Crippen LogP contribution < -0.4 is 5.32 Å². The van der Waals surface area contributed by atoms with Crippen LogP contribution in [0.3, 0.4) is 0 Å². The van der Waals surface area contributed by atoms with Crippen LogP contribution in [-0.4, -0.2) is 36.8 Å². The van der Waals surface area contributed by atoms with Gasteiger partial charge < -0.3 is 5.32 Å². The number of hydrogen-bond acceptors (Lipinski definition) is 5. The highest BCUT2D eigenvalue weighted by atomic mass is 32.2. The highest BCUT2D eigenvalue weighted by Crippen LogP contribution is 2.25. The topological polar surface area (TPSA) is 106 Å². The van der Waals surface area contributed by atoms with Crippen LogP contribution in [0.4, 0.5) is 18.9 Å². The van der Waals surface area contributed by atoms with Gasteiger partial charge in [0.15, 0.2) is 15.7 Å². The molecule has 0 radical (unpaired) electrons. The Labute approximate surface area is 122 Å². The van der Waals surface area contributed by atoms with Crippen molar-refractivity contribution in [1.29, 1.82) is 0 Å². The predicted molar refractivity (Wildman–Crippen MR) is 67.5 cm³/mol. The van der Waals surface area contributed by atoms with Crippen molar-refractivity contribution in [2.24, 2.45) is 0 Å². The van der Waals surface area contributed by atoms with Crippen molar-refractivity contribution in [3.05, 3.63) is 39.2 Å². The molecule has 1 amide bonds. The van der Waals surface area contributed by atoms with Gasteiger partial charge in [-0.1, -0.05) is 0 Å². The van der Waals surface area contributed by atoms with Crippen LogP contribution in [-0.2, 0) is 9.84 Å². The van der Waals surface area contributed by atoms with Gasteiger partial charge in [0, 0.05) is 12.1 Å². The lowest BCUT2D eigenvalue weighted by Gasteiger charge is -2.11. The Kier molecular flexibility index (Phi) is 4.09. The molecule has 0 saturated carbocycles. The highest BCUT2D eigenvalue weighted by Gasteiger charge is 2.32. The van der Waals surface area contributed by atoms with E-state index in [2.05, 4.69) is 5.32 Å². The molecule has 1 aliphatic rings. The quantitative estimate of drug-likeness (QED) is 0.501. The van der Waals surface area contributed by atoms with Crippen LogP contribution in [0.15, 0.2) is 6.07 Å². The molecule has 0 aliphatic carbocycles. The number of nitro groups is 1. The van der Waals surface area contributed by atoms with Gasteiger partial charge in [-0.15, -0.1) is 0 Å². The first-order valence-corrected chi connectivity index (χ1v) is 7.77. The van der Waals surface area contributed by atoms with Crippen LogP contribution >= 0.6 is 0 Å². The number of rotatable bonds is 3. The van der Waals surface area contributed by atoms with Crippen molar-refractivity contribution in [2.45, 2.75) is 12.5 Å². The summed E-state index contributed by atoms with van der Waals surface area (Å²) < 4.78 is 62.5. The molecule has 1 unspecified atom stereocenters. The first kappa shape index (κ1) is 16.2. The molecule has 1 atom stereocenters. The minimum absolute atomic E-state index is 0.0848. The number of carbonyl (C=O) groups excluding carboxylic acids is 1. The van der Waals surface area contributed by atoms with Crippen molar-refractivity contribution < 1.29 is 31.3 Å². The number of nitro benzene ring substituents is 1. The second kappa shape index (κ2) is 5.55. The summed E-state index contributed by atoms with van der Waals surface area (Å²) in [5, 5.41) is 12.7. The lowest BCUT2D eigenvalue weighted by molar-refractivity contribution is -0.387. The Hall–Kier alpha value is -2.17. The van der Waals surface area contributed by atoms with Gasteiger partial charge in [0.1, 0.15) is 0 Å². The Balaban J connectivity index is 2.32. The zero-order chi connectivity index (χ0) is 16.7. The minimum Gasteiger partial charge on any atom is -0.348 e. The molecule has 1 aromatic rings. The van der Waals surface area contributed by atoms with E-state index in [-0.39, 0.29) is 24.0 Å². The average molecular weight is 338 g/mol. The fraction of sp³-hybridized carbons (Fsp3) is 0.364. The van der Waals surface area contributed by atoms with E-state index in [1.807, 2.05) is 0 Å². The number of nitrogens with one attached hydrogen (secondary N) is 1. The maximum Gasteiger partial charge on any atom is 0.308 e. The monoisotopic (exact) mass is 338 g/mol. The zero-order valence-electron chi connectivity index (χ0n) is 10.8. The maximum absolute atomic E-state index is 13.6. The second-order valence-electron chi connectivity index (χ2n) is 4.72. The number of halogens is 3. The third-order valence-corrected chi connectivity index (χ3v) is 4.90. The van der Waals surface area contributed by atoms with Crippen molar-refractivity contribution >= 4 is 21.4 Å². The Morgan fingerprint density at radius 3 is 2.41 bits per heavy atom. The maximum atomic E-state index is 13.6. The van der Waals surface area contributed by atoms with Crippen LogP contribution in [0.5, 0.6) is 0 Å². The van der Waals surface area contributed by atoms with Crippen molar-refractivity contribution in [2.75, 3.05) is 11.5 Å². The molecule has 2 rings (SSSR count). The number of carbonyl (C=O) groups is 1. The normalized spacial score (nSPS) is 19.9. The lowest BCUT2D eigenvalue weighted by Crippen LogP contribution is -2.36. The number of hydrogen-bond donors (Lipinski definition) is 1. The van der Waals surface area contributed by atoms with Gasteiger partial charge in [0.25, 0.3) is 5.91 Å². The van der Waals surface area contributed by atoms with Crippen LogP contribution in [0.25, 0.3) is 0 Å². The van der Waals surface area contributed by atoms with Gasteiger partial charge in [-0.05, 0) is 6.42 Å². The summed E-state index contributed by atoms with van der Waals surface area (Å²) >= 11 is 0. The van der Waals surface area contributed by atoms with Gasteiger partial charge in [-0.25, -0.2) is 17.2 Å². The SMILES string of the molecule is O=C(NC1CCS(=O)(=O)C1)c1cc([N+](=O)[O-])c(F)c(F)c1F. The van der Waals surface area contributed by atoms with Crippen molar-refractivity contribution in [3.63, 3.8) is 0 Å². The molecule has 0 bridgehead atoms. The smallest absolute Gasteiger partial charge is 0.308 e. The fourth-order valence-corrected chi connectivity index (χ4v) is 3.73. The van der Waals surface area contributed by atoms with E-state index in [9.17, 15) is 36.5 Å². The zero-order valence-corrected chi connectivity index (χ0v) is 11.6. The third-order valence-electron chi connectivity index (χ3n) is 3.14. The summed E-state index contributed by atoms with van der Waals surface area (Å²) in [6.07, 6.45) is 0.0848. The van der Waals surface area contributed by atoms with E-state index in [0.29, 0.717) is 0 Å². The van der Waals surface area contributed by atoms with E-state index in [1.165, 1.54) is 0 Å². The van der Waals surface area contributed by atoms with Crippen molar-refractivity contribution in [3.8, 4) is 0 Å². The molecule has 1 aromatic carbocycles. The van der Waals surface area contributed by atoms with E-state index in [4.69, 9.17) is 0 Å². The molecule has 22 heavy (non-hydrogen) atoms. The molecule has 1 heterocycles. The summed E-state index contributed by atoms with van der Waals surface area (Å²) in [6, 6.07) is -0.545. The molecule has 1 N–H and O–H groups in total. The lowest BCUT2D eigenvalue weighted by atomic mass is 10.1. The molecule has 11 heteroatoms. The van der Waals surface area contributed by atoms with Gasteiger partial charge >= 0.3 is 5.69 Å². The number of benzene rings is 1. The summed E-state index contributed by atoms with van der Waals surface area (Å²) in [7, 11) is -3.32. The highest BCUT2D eigenvalue weighted by molar-refractivity contribution is 7.91. The molecule has 7 nitrogen and oxygen atoms in total. The second-order valence-corrected chi connectivity index (χ2v) is 6.94. The third kappa shape index (κ3) is 3.03. The molecule has 1 fully saturated rings. The van der Waals surface area contributed by atoms with Gasteiger partial charge in [-0.2, -0.15) is 4.39 Å². The molecule has 120 valence electrons. The summed E-state index contributed by atoms with van der Waals surface area (Å²) in [4.78, 5) is 21.1. The molecule has 0 aromatic heterocycles. The summed E-state index contributed by atoms with van der Waals surface area (Å²) in [5.41, 5.74) is -2.45. The minimum atomic E-state index is -3.32. The van der Waals surface area contributed by atoms with E-state index in [1.54, 1.807) is 0 Å². The van der Waals surface area contributed by atoms with Gasteiger partial charge in [-0.3, -0.25) is 14.9 Å². The fourth-order valence-electron chi connectivity index (χ4n) is 2.06. The van der Waals surface area contributed by atoms with E-state index >= 15 is 0 Å². The first-order valence-electron chi connectivity index (χ1n) is 5.95. The van der Waals surface area contributed by atoms with Crippen LogP contribution in [0.2, 0.25) is 0 Å². The summed E-state index contributed by atoms with van der Waals surface area (Å²) in [5.74, 6) is -7.81. The summed E-state index contributed by atoms with van der Waals surface area (Å²) in [6.45, 7) is 0. The molecular weight excluding hydrogens is 329 g/mol. The molecule has 0 spiro atoms. The first-order chi connectivity index (χ1) is 10.1. The molecule has 1 aliphatic heterocycles. The van der Waals surface area contributed by atoms with E-state index < -0.39 is 55.4 Å². The Morgan fingerprint density at radius 1 is 1.27 bits per heavy atom. The Morgan fingerprint density at radius 2 is 1.91 bits per heavy atom. The number of amides is 1. The average Bonchev–Trinajstić information content (AvgIpc) is 2.74.